The van der Waals surface area contributed by atoms with E-state index >= 15 is 0 Å². The molecule has 3 rings (SSSR count). The van der Waals surface area contributed by atoms with Crippen LogP contribution in [0.5, 0.6) is 0 Å². The third-order valence-electron chi connectivity index (χ3n) is 4.43. The number of hydrogen-bond acceptors (Lipinski definition) is 2. The van der Waals surface area contributed by atoms with Crippen molar-refractivity contribution in [2.24, 2.45) is 0 Å². The molecule has 3 aromatic carbocycles. The van der Waals surface area contributed by atoms with Gasteiger partial charge in [0.2, 0.25) is 0 Å². The van der Waals surface area contributed by atoms with Crippen molar-refractivity contribution in [1.29, 1.82) is 0 Å². The fourth-order valence-electron chi connectivity index (χ4n) is 3.04. The molecule has 3 nitrogen and oxygen atoms in total. The van der Waals surface area contributed by atoms with Crippen LogP contribution < -0.4 is 5.32 Å². The molecule has 3 aromatic rings. The maximum atomic E-state index is 12.3. The zero-order valence-electron chi connectivity index (χ0n) is 14.5. The van der Waals surface area contributed by atoms with Crippen molar-refractivity contribution in [1.82, 2.24) is 5.32 Å². The fourth-order valence-corrected chi connectivity index (χ4v) is 3.04. The van der Waals surface area contributed by atoms with Gasteiger partial charge in [0.15, 0.2) is 0 Å². The van der Waals surface area contributed by atoms with Gasteiger partial charge in [-0.2, -0.15) is 0 Å². The van der Waals surface area contributed by atoms with E-state index in [0.29, 0.717) is 17.7 Å². The first-order chi connectivity index (χ1) is 12.8. The molecule has 0 spiro atoms. The lowest BCUT2D eigenvalue weighted by Gasteiger charge is -2.18. The summed E-state index contributed by atoms with van der Waals surface area (Å²) in [7, 11) is 0. The molecule has 26 heavy (non-hydrogen) atoms. The van der Waals surface area contributed by atoms with Gasteiger partial charge in [0, 0.05) is 23.6 Å². The Morgan fingerprint density at radius 2 is 1.35 bits per heavy atom. The minimum atomic E-state index is -0.123. The maximum Gasteiger partial charge on any atom is 0.251 e. The van der Waals surface area contributed by atoms with Crippen molar-refractivity contribution in [3.8, 4) is 0 Å². The van der Waals surface area contributed by atoms with E-state index in [0.717, 1.165) is 12.7 Å². The zero-order valence-corrected chi connectivity index (χ0v) is 14.5. The van der Waals surface area contributed by atoms with E-state index in [9.17, 15) is 9.59 Å². The summed E-state index contributed by atoms with van der Waals surface area (Å²) in [5.41, 5.74) is 3.60. The SMILES string of the molecule is O=Cc1ccc(C(=O)NCCC(c2ccccc2)c2ccccc2)cc1. The molecule has 0 bridgehead atoms. The predicted molar refractivity (Wildman–Crippen MR) is 104 cm³/mol. The zero-order chi connectivity index (χ0) is 18.2. The standard InChI is InChI=1S/C23H21NO2/c25-17-18-11-13-21(14-12-18)23(26)24-16-15-22(19-7-3-1-4-8-19)20-9-5-2-6-10-20/h1-14,17,22H,15-16H2,(H,24,26). The Bertz CT molecular complexity index is 803. The van der Waals surface area contributed by atoms with Gasteiger partial charge < -0.3 is 5.32 Å². The topological polar surface area (TPSA) is 46.2 Å². The normalized spacial score (nSPS) is 10.5. The van der Waals surface area contributed by atoms with Crippen LogP contribution in [0.4, 0.5) is 0 Å². The van der Waals surface area contributed by atoms with Gasteiger partial charge in [-0.25, -0.2) is 0 Å². The van der Waals surface area contributed by atoms with Crippen LogP contribution >= 0.6 is 0 Å². The summed E-state index contributed by atoms with van der Waals surface area (Å²) in [5.74, 6) is 0.109. The van der Waals surface area contributed by atoms with Crippen molar-refractivity contribution in [2.45, 2.75) is 12.3 Å². The third-order valence-corrected chi connectivity index (χ3v) is 4.43. The number of carbonyl (C=O) groups excluding carboxylic acids is 2. The lowest BCUT2D eigenvalue weighted by atomic mass is 9.88. The number of nitrogens with one attached hydrogen (secondary N) is 1. The molecule has 0 saturated carbocycles. The number of rotatable bonds is 7. The Hall–Kier alpha value is -3.20. The van der Waals surface area contributed by atoms with E-state index < -0.39 is 0 Å². The van der Waals surface area contributed by atoms with Crippen molar-refractivity contribution in [2.75, 3.05) is 6.54 Å². The second kappa shape index (κ2) is 8.77. The van der Waals surface area contributed by atoms with Crippen LogP contribution in [0.1, 0.15) is 44.2 Å². The molecule has 3 heteroatoms. The summed E-state index contributed by atoms with van der Waals surface area (Å²) in [4.78, 5) is 23.0. The number of aldehydes is 1. The second-order valence-electron chi connectivity index (χ2n) is 6.16. The number of amides is 1. The lowest BCUT2D eigenvalue weighted by Crippen LogP contribution is -2.25. The molecule has 1 N–H and O–H groups in total. The summed E-state index contributed by atoms with van der Waals surface area (Å²) in [6.45, 7) is 0.572. The van der Waals surface area contributed by atoms with E-state index in [1.165, 1.54) is 11.1 Å². The van der Waals surface area contributed by atoms with E-state index in [1.54, 1.807) is 24.3 Å². The molecular weight excluding hydrogens is 322 g/mol. The summed E-state index contributed by atoms with van der Waals surface area (Å²) in [6, 6.07) is 27.3. The Kier molecular flexibility index (Phi) is 5.94. The van der Waals surface area contributed by atoms with Crippen LogP contribution in [0.25, 0.3) is 0 Å². The van der Waals surface area contributed by atoms with Gasteiger partial charge in [-0.1, -0.05) is 72.8 Å². The largest absolute Gasteiger partial charge is 0.352 e. The maximum absolute atomic E-state index is 12.3. The van der Waals surface area contributed by atoms with Gasteiger partial charge in [-0.05, 0) is 29.7 Å². The molecule has 0 aromatic heterocycles. The van der Waals surface area contributed by atoms with Crippen molar-refractivity contribution in [3.63, 3.8) is 0 Å². The monoisotopic (exact) mass is 343 g/mol. The highest BCUT2D eigenvalue weighted by atomic mass is 16.1. The van der Waals surface area contributed by atoms with Crippen LogP contribution in [0, 0.1) is 0 Å². The van der Waals surface area contributed by atoms with Gasteiger partial charge in [0.05, 0.1) is 0 Å². The van der Waals surface area contributed by atoms with Crippen LogP contribution in [0.3, 0.4) is 0 Å². The molecule has 0 heterocycles. The molecule has 1 amide bonds. The average molecular weight is 343 g/mol. The Labute approximate surface area is 153 Å². The molecule has 0 unspecified atom stereocenters. The molecule has 0 radical (unpaired) electrons. The minimum absolute atomic E-state index is 0.123. The summed E-state index contributed by atoms with van der Waals surface area (Å²) >= 11 is 0. The number of benzene rings is 3. The van der Waals surface area contributed by atoms with Crippen molar-refractivity contribution >= 4 is 12.2 Å². The molecule has 0 fully saturated rings. The highest BCUT2D eigenvalue weighted by Gasteiger charge is 2.14. The first-order valence-corrected chi connectivity index (χ1v) is 8.71. The second-order valence-corrected chi connectivity index (χ2v) is 6.16. The molecule has 130 valence electrons. The third kappa shape index (κ3) is 4.45. The highest BCUT2D eigenvalue weighted by Crippen LogP contribution is 2.27. The van der Waals surface area contributed by atoms with Crippen LogP contribution in [0.2, 0.25) is 0 Å². The van der Waals surface area contributed by atoms with Gasteiger partial charge in [-0.3, -0.25) is 9.59 Å². The first kappa shape index (κ1) is 17.6. The Morgan fingerprint density at radius 1 is 0.808 bits per heavy atom. The smallest absolute Gasteiger partial charge is 0.251 e. The van der Waals surface area contributed by atoms with Crippen LogP contribution in [-0.4, -0.2) is 18.7 Å². The number of carbonyl (C=O) groups is 2. The predicted octanol–water partition coefficient (Wildman–Crippen LogP) is 4.45. The fraction of sp³-hybridized carbons (Fsp3) is 0.130. The van der Waals surface area contributed by atoms with Gasteiger partial charge >= 0.3 is 0 Å². The van der Waals surface area contributed by atoms with Gasteiger partial charge in [-0.15, -0.1) is 0 Å². The summed E-state index contributed by atoms with van der Waals surface area (Å²) < 4.78 is 0. The Morgan fingerprint density at radius 3 is 1.85 bits per heavy atom. The van der Waals surface area contributed by atoms with E-state index in [-0.39, 0.29) is 11.8 Å². The van der Waals surface area contributed by atoms with Crippen molar-refractivity contribution in [3.05, 3.63) is 107 Å². The number of hydrogen-bond donors (Lipinski definition) is 1. The van der Waals surface area contributed by atoms with E-state index in [4.69, 9.17) is 0 Å². The molecule has 0 aliphatic rings. The summed E-state index contributed by atoms with van der Waals surface area (Å²) in [5, 5.41) is 2.98. The van der Waals surface area contributed by atoms with Gasteiger partial charge in [0.25, 0.3) is 5.91 Å². The van der Waals surface area contributed by atoms with E-state index in [2.05, 4.69) is 29.6 Å². The quantitative estimate of drug-likeness (QED) is 0.644. The molecule has 0 saturated heterocycles. The van der Waals surface area contributed by atoms with Gasteiger partial charge in [0.1, 0.15) is 6.29 Å². The lowest BCUT2D eigenvalue weighted by molar-refractivity contribution is 0.0952. The molecule has 0 atom stereocenters. The first-order valence-electron chi connectivity index (χ1n) is 8.71. The highest BCUT2D eigenvalue weighted by molar-refractivity contribution is 5.94. The molecule has 0 aliphatic heterocycles. The molecule has 0 aliphatic carbocycles. The molecular formula is C23H21NO2. The minimum Gasteiger partial charge on any atom is -0.352 e. The van der Waals surface area contributed by atoms with Crippen LogP contribution in [0.15, 0.2) is 84.9 Å². The van der Waals surface area contributed by atoms with Crippen LogP contribution in [-0.2, 0) is 0 Å². The summed E-state index contributed by atoms with van der Waals surface area (Å²) in [6.07, 6.45) is 1.58. The van der Waals surface area contributed by atoms with Crippen molar-refractivity contribution < 1.29 is 9.59 Å². The van der Waals surface area contributed by atoms with E-state index in [1.807, 2.05) is 36.4 Å². The Balaban J connectivity index is 1.66. The average Bonchev–Trinajstić information content (AvgIpc) is 2.72.